The van der Waals surface area contributed by atoms with Crippen molar-refractivity contribution in [3.8, 4) is 17.0 Å². The number of hydrazone groups is 1. The van der Waals surface area contributed by atoms with Crippen LogP contribution in [0.5, 0.6) is 5.75 Å². The molecular formula is C23H16ClF3N6O. The van der Waals surface area contributed by atoms with Gasteiger partial charge in [-0.25, -0.2) is 15.4 Å². The minimum Gasteiger partial charge on any atom is -0.406 e. The first-order chi connectivity index (χ1) is 16.3. The highest BCUT2D eigenvalue weighted by atomic mass is 35.5. The van der Waals surface area contributed by atoms with Gasteiger partial charge in [0, 0.05) is 11.6 Å². The first-order valence-electron chi connectivity index (χ1n) is 9.82. The van der Waals surface area contributed by atoms with Gasteiger partial charge in [-0.1, -0.05) is 41.9 Å². The van der Waals surface area contributed by atoms with Crippen molar-refractivity contribution in [2.24, 2.45) is 5.10 Å². The lowest BCUT2D eigenvalue weighted by Crippen LogP contribution is -2.17. The largest absolute Gasteiger partial charge is 0.573 e. The maximum atomic E-state index is 12.3. The van der Waals surface area contributed by atoms with Gasteiger partial charge in [0.05, 0.1) is 23.8 Å². The zero-order chi connectivity index (χ0) is 24.0. The van der Waals surface area contributed by atoms with E-state index in [4.69, 9.17) is 11.6 Å². The predicted octanol–water partition coefficient (Wildman–Crippen LogP) is 6.28. The summed E-state index contributed by atoms with van der Waals surface area (Å²) in [7, 11) is 0. The molecule has 0 atom stereocenters. The first kappa shape index (κ1) is 23.0. The summed E-state index contributed by atoms with van der Waals surface area (Å²) in [6, 6.07) is 20.0. The van der Waals surface area contributed by atoms with E-state index in [2.05, 4.69) is 35.5 Å². The van der Waals surface area contributed by atoms with Crippen LogP contribution in [0.1, 0.15) is 5.56 Å². The number of ether oxygens (including phenoxy) is 1. The molecule has 0 unspecified atom stereocenters. The van der Waals surface area contributed by atoms with Crippen molar-refractivity contribution in [1.29, 1.82) is 0 Å². The molecule has 0 spiro atoms. The standard InChI is InChI=1S/C23H16ClF3N6O/c24-20-11-8-17(14-28-20)30-21-12-19(16-4-2-1-3-5-16)31-22(32-21)33-29-13-15-6-9-18(10-7-15)34-23(25,26)27/h1-14H,(H2,30,31,32,33). The predicted molar refractivity (Wildman–Crippen MR) is 124 cm³/mol. The normalized spacial score (nSPS) is 11.4. The average Bonchev–Trinajstić information content (AvgIpc) is 2.81. The van der Waals surface area contributed by atoms with Crippen LogP contribution in [-0.2, 0) is 0 Å². The Labute approximate surface area is 197 Å². The highest BCUT2D eigenvalue weighted by Gasteiger charge is 2.30. The van der Waals surface area contributed by atoms with Gasteiger partial charge in [0.2, 0.25) is 5.95 Å². The summed E-state index contributed by atoms with van der Waals surface area (Å²) in [5.74, 6) is 0.382. The molecule has 4 rings (SSSR count). The molecule has 2 heterocycles. The highest BCUT2D eigenvalue weighted by Crippen LogP contribution is 2.24. The van der Waals surface area contributed by atoms with Crippen molar-refractivity contribution in [1.82, 2.24) is 15.0 Å². The molecule has 2 aromatic carbocycles. The molecule has 0 bridgehead atoms. The highest BCUT2D eigenvalue weighted by molar-refractivity contribution is 6.29. The van der Waals surface area contributed by atoms with Crippen molar-refractivity contribution in [3.05, 3.63) is 89.7 Å². The number of nitrogens with zero attached hydrogens (tertiary/aromatic N) is 4. The Hall–Kier alpha value is -4.18. The number of benzene rings is 2. The summed E-state index contributed by atoms with van der Waals surface area (Å²) in [5, 5.41) is 7.60. The third kappa shape index (κ3) is 6.66. The summed E-state index contributed by atoms with van der Waals surface area (Å²) >= 11 is 5.84. The van der Waals surface area contributed by atoms with Crippen LogP contribution in [0.2, 0.25) is 5.15 Å². The lowest BCUT2D eigenvalue weighted by atomic mass is 10.1. The summed E-state index contributed by atoms with van der Waals surface area (Å²) in [4.78, 5) is 12.9. The topological polar surface area (TPSA) is 84.3 Å². The molecule has 7 nitrogen and oxygen atoms in total. The van der Waals surface area contributed by atoms with Crippen LogP contribution in [-0.4, -0.2) is 27.5 Å². The van der Waals surface area contributed by atoms with Gasteiger partial charge in [0.15, 0.2) is 0 Å². The number of hydrogen-bond donors (Lipinski definition) is 2. The Morgan fingerprint density at radius 3 is 2.38 bits per heavy atom. The number of nitrogens with one attached hydrogen (secondary N) is 2. The minimum absolute atomic E-state index is 0.207. The summed E-state index contributed by atoms with van der Waals surface area (Å²) < 4.78 is 40.7. The Morgan fingerprint density at radius 1 is 0.941 bits per heavy atom. The van der Waals surface area contributed by atoms with Gasteiger partial charge < -0.3 is 10.1 Å². The summed E-state index contributed by atoms with van der Waals surface area (Å²) in [6.07, 6.45) is -1.75. The number of alkyl halides is 3. The van der Waals surface area contributed by atoms with E-state index < -0.39 is 6.36 Å². The van der Waals surface area contributed by atoms with Crippen molar-refractivity contribution in [2.45, 2.75) is 6.36 Å². The lowest BCUT2D eigenvalue weighted by Gasteiger charge is -2.10. The molecule has 2 N–H and O–H groups in total. The van der Waals surface area contributed by atoms with E-state index in [1.807, 2.05) is 30.3 Å². The lowest BCUT2D eigenvalue weighted by molar-refractivity contribution is -0.274. The molecule has 0 radical (unpaired) electrons. The number of halogens is 4. The Kier molecular flexibility index (Phi) is 6.88. The third-order valence-electron chi connectivity index (χ3n) is 4.29. The molecule has 0 amide bonds. The monoisotopic (exact) mass is 484 g/mol. The Morgan fingerprint density at radius 2 is 1.71 bits per heavy atom. The van der Waals surface area contributed by atoms with Crippen molar-refractivity contribution < 1.29 is 17.9 Å². The molecule has 34 heavy (non-hydrogen) atoms. The smallest absolute Gasteiger partial charge is 0.406 e. The molecule has 0 saturated carbocycles. The Balaban J connectivity index is 1.53. The van der Waals surface area contributed by atoms with Crippen LogP contribution in [0, 0.1) is 0 Å². The van der Waals surface area contributed by atoms with E-state index in [1.54, 1.807) is 24.4 Å². The van der Waals surface area contributed by atoms with Crippen molar-refractivity contribution in [2.75, 3.05) is 10.7 Å². The molecule has 172 valence electrons. The molecule has 0 aliphatic carbocycles. The molecule has 11 heteroatoms. The average molecular weight is 485 g/mol. The van der Waals surface area contributed by atoms with Crippen LogP contribution < -0.4 is 15.5 Å². The second-order valence-corrected chi connectivity index (χ2v) is 7.20. The van der Waals surface area contributed by atoms with E-state index in [1.165, 1.54) is 30.5 Å². The summed E-state index contributed by atoms with van der Waals surface area (Å²) in [5.41, 5.74) is 5.49. The van der Waals surface area contributed by atoms with Gasteiger partial charge >= 0.3 is 6.36 Å². The number of hydrogen-bond acceptors (Lipinski definition) is 7. The summed E-state index contributed by atoms with van der Waals surface area (Å²) in [6.45, 7) is 0. The van der Waals surface area contributed by atoms with E-state index in [-0.39, 0.29) is 11.7 Å². The minimum atomic E-state index is -4.74. The van der Waals surface area contributed by atoms with Crippen LogP contribution in [0.4, 0.5) is 30.6 Å². The van der Waals surface area contributed by atoms with E-state index in [9.17, 15) is 13.2 Å². The quantitative estimate of drug-likeness (QED) is 0.182. The molecular weight excluding hydrogens is 469 g/mol. The van der Waals surface area contributed by atoms with Gasteiger partial charge in [0.1, 0.15) is 16.7 Å². The maximum absolute atomic E-state index is 12.3. The molecule has 0 aliphatic heterocycles. The number of pyridine rings is 1. The number of rotatable bonds is 7. The van der Waals surface area contributed by atoms with Crippen LogP contribution in [0.25, 0.3) is 11.3 Å². The van der Waals surface area contributed by atoms with Gasteiger partial charge in [0.25, 0.3) is 0 Å². The van der Waals surface area contributed by atoms with Crippen LogP contribution >= 0.6 is 11.6 Å². The first-order valence-corrected chi connectivity index (χ1v) is 10.2. The number of aromatic nitrogens is 3. The van der Waals surface area contributed by atoms with Gasteiger partial charge in [-0.15, -0.1) is 13.2 Å². The third-order valence-corrected chi connectivity index (χ3v) is 4.51. The van der Waals surface area contributed by atoms with Gasteiger partial charge in [-0.2, -0.15) is 10.1 Å². The van der Waals surface area contributed by atoms with Crippen LogP contribution in [0.3, 0.4) is 0 Å². The maximum Gasteiger partial charge on any atom is 0.573 e. The van der Waals surface area contributed by atoms with Gasteiger partial charge in [-0.05, 0) is 42.0 Å². The van der Waals surface area contributed by atoms with E-state index in [0.29, 0.717) is 27.9 Å². The Bertz CT molecular complexity index is 1270. The molecule has 0 aliphatic rings. The second kappa shape index (κ2) is 10.2. The van der Waals surface area contributed by atoms with Gasteiger partial charge in [-0.3, -0.25) is 0 Å². The zero-order valence-corrected chi connectivity index (χ0v) is 18.0. The fourth-order valence-electron chi connectivity index (χ4n) is 2.84. The second-order valence-electron chi connectivity index (χ2n) is 6.81. The van der Waals surface area contributed by atoms with Crippen LogP contribution in [0.15, 0.2) is 84.1 Å². The van der Waals surface area contributed by atoms with E-state index >= 15 is 0 Å². The molecule has 0 fully saturated rings. The zero-order valence-electron chi connectivity index (χ0n) is 17.3. The molecule has 2 aromatic heterocycles. The van der Waals surface area contributed by atoms with Crippen molar-refractivity contribution >= 4 is 35.3 Å². The SMILES string of the molecule is FC(F)(F)Oc1ccc(C=NNc2nc(Nc3ccc(Cl)nc3)cc(-c3ccccc3)n2)cc1. The van der Waals surface area contributed by atoms with E-state index in [0.717, 1.165) is 5.56 Å². The fourth-order valence-corrected chi connectivity index (χ4v) is 2.95. The molecule has 4 aromatic rings. The fraction of sp³-hybridized carbons (Fsp3) is 0.0435. The molecule has 0 saturated heterocycles. The van der Waals surface area contributed by atoms with Crippen molar-refractivity contribution in [3.63, 3.8) is 0 Å². The number of anilines is 3.